The molecule has 0 aliphatic carbocycles. The summed E-state index contributed by atoms with van der Waals surface area (Å²) in [6.45, 7) is 4.30. The van der Waals surface area contributed by atoms with Gasteiger partial charge in [-0.2, -0.15) is 0 Å². The van der Waals surface area contributed by atoms with Crippen molar-refractivity contribution in [2.45, 2.75) is 32.2 Å². The molecule has 14 heavy (non-hydrogen) atoms. The number of hydrogen-bond acceptors (Lipinski definition) is 4. The average molecular weight is 190 g/mol. The molecule has 0 saturated heterocycles. The normalized spacial score (nSPS) is 17.3. The first kappa shape index (κ1) is 9.12. The van der Waals surface area contributed by atoms with Gasteiger partial charge in [-0.05, 0) is 12.8 Å². The van der Waals surface area contributed by atoms with E-state index in [0.29, 0.717) is 0 Å². The Kier molecular flexibility index (Phi) is 2.19. The Morgan fingerprint density at radius 3 is 2.86 bits per heavy atom. The molecule has 1 aromatic heterocycles. The van der Waals surface area contributed by atoms with Gasteiger partial charge >= 0.3 is 0 Å². The third-order valence-electron chi connectivity index (χ3n) is 2.77. The first-order valence-corrected chi connectivity index (χ1v) is 4.93. The second kappa shape index (κ2) is 3.36. The molecule has 4 heteroatoms. The van der Waals surface area contributed by atoms with Crippen molar-refractivity contribution < 1.29 is 0 Å². The second-order valence-corrected chi connectivity index (χ2v) is 3.50. The third kappa shape index (κ3) is 1.36. The number of aliphatic imine (C=N–C) groups is 1. The van der Waals surface area contributed by atoms with Crippen molar-refractivity contribution in [2.75, 3.05) is 5.32 Å². The Labute approximate surface area is 83.5 Å². The molecular weight excluding hydrogens is 176 g/mol. The summed E-state index contributed by atoms with van der Waals surface area (Å²) >= 11 is 0. The summed E-state index contributed by atoms with van der Waals surface area (Å²) in [5.41, 5.74) is 0.798. The molecule has 2 rings (SSSR count). The summed E-state index contributed by atoms with van der Waals surface area (Å²) in [4.78, 5) is 12.5. The van der Waals surface area contributed by atoms with Crippen LogP contribution in [-0.2, 0) is 0 Å². The number of nitrogens with one attached hydrogen (secondary N) is 1. The summed E-state index contributed by atoms with van der Waals surface area (Å²) in [5.74, 6) is 0.839. The van der Waals surface area contributed by atoms with Crippen molar-refractivity contribution in [3.05, 3.63) is 12.5 Å². The lowest BCUT2D eigenvalue weighted by Crippen LogP contribution is -2.40. The van der Waals surface area contributed by atoms with Gasteiger partial charge in [0.2, 0.25) is 0 Å². The fraction of sp³-hybridized carbons (Fsp3) is 0.500. The maximum Gasteiger partial charge on any atom is 0.156 e. The maximum absolute atomic E-state index is 4.38. The van der Waals surface area contributed by atoms with E-state index >= 15 is 0 Å². The van der Waals surface area contributed by atoms with Gasteiger partial charge in [0, 0.05) is 6.21 Å². The molecule has 0 saturated carbocycles. The van der Waals surface area contributed by atoms with E-state index in [0.717, 1.165) is 24.3 Å². The van der Waals surface area contributed by atoms with E-state index in [1.165, 1.54) is 0 Å². The van der Waals surface area contributed by atoms with Crippen molar-refractivity contribution >= 4 is 17.7 Å². The number of nitrogens with zero attached hydrogens (tertiary/aromatic N) is 3. The molecule has 0 fully saturated rings. The maximum atomic E-state index is 4.38. The number of anilines is 1. The minimum Gasteiger partial charge on any atom is -0.358 e. The smallest absolute Gasteiger partial charge is 0.156 e. The quantitative estimate of drug-likeness (QED) is 0.777. The summed E-state index contributed by atoms with van der Waals surface area (Å²) in [7, 11) is 0. The molecule has 0 radical (unpaired) electrons. The highest BCUT2D eigenvalue weighted by Gasteiger charge is 2.28. The fourth-order valence-electron chi connectivity index (χ4n) is 1.58. The first-order valence-electron chi connectivity index (χ1n) is 4.93. The Balaban J connectivity index is 2.37. The van der Waals surface area contributed by atoms with Crippen molar-refractivity contribution in [3.8, 4) is 0 Å². The molecule has 74 valence electrons. The highest BCUT2D eigenvalue weighted by atomic mass is 15.1. The molecule has 1 aliphatic rings. The van der Waals surface area contributed by atoms with Crippen molar-refractivity contribution in [3.63, 3.8) is 0 Å². The Bertz CT molecular complexity index is 355. The third-order valence-corrected chi connectivity index (χ3v) is 2.77. The monoisotopic (exact) mass is 190 g/mol. The molecule has 0 unspecified atom stereocenters. The van der Waals surface area contributed by atoms with Crippen molar-refractivity contribution in [1.82, 2.24) is 9.97 Å². The predicted molar refractivity (Wildman–Crippen MR) is 57.1 cm³/mol. The summed E-state index contributed by atoms with van der Waals surface area (Å²) in [6, 6.07) is 0. The predicted octanol–water partition coefficient (Wildman–Crippen LogP) is 2.16. The van der Waals surface area contributed by atoms with Crippen molar-refractivity contribution in [1.29, 1.82) is 0 Å². The molecule has 1 aromatic rings. The van der Waals surface area contributed by atoms with E-state index in [4.69, 9.17) is 0 Å². The van der Waals surface area contributed by atoms with Crippen LogP contribution in [0.1, 0.15) is 26.7 Å². The molecular formula is C10H14N4. The van der Waals surface area contributed by atoms with Crippen LogP contribution in [-0.4, -0.2) is 21.7 Å². The SMILES string of the molecule is CCC1(CC)C=Nc2cncnc2N1. The van der Waals surface area contributed by atoms with Crippen molar-refractivity contribution in [2.24, 2.45) is 4.99 Å². The van der Waals surface area contributed by atoms with Crippen LogP contribution >= 0.6 is 0 Å². The number of fused-ring (bicyclic) bond motifs is 1. The van der Waals surface area contributed by atoms with Crippen LogP contribution < -0.4 is 5.32 Å². The largest absolute Gasteiger partial charge is 0.358 e. The number of rotatable bonds is 2. The van der Waals surface area contributed by atoms with E-state index in [1.54, 1.807) is 12.5 Å². The minimum atomic E-state index is -0.0264. The van der Waals surface area contributed by atoms with Crippen LogP contribution in [0.25, 0.3) is 0 Å². The topological polar surface area (TPSA) is 50.2 Å². The molecule has 0 spiro atoms. The lowest BCUT2D eigenvalue weighted by molar-refractivity contribution is 0.575. The zero-order valence-electron chi connectivity index (χ0n) is 8.49. The zero-order valence-corrected chi connectivity index (χ0v) is 8.49. The molecule has 4 nitrogen and oxygen atoms in total. The molecule has 1 aliphatic heterocycles. The van der Waals surface area contributed by atoms with Gasteiger partial charge in [-0.15, -0.1) is 0 Å². The van der Waals surface area contributed by atoms with Gasteiger partial charge < -0.3 is 5.32 Å². The van der Waals surface area contributed by atoms with E-state index < -0.39 is 0 Å². The van der Waals surface area contributed by atoms with Crippen LogP contribution in [0.15, 0.2) is 17.5 Å². The average Bonchev–Trinajstić information content (AvgIpc) is 2.28. The van der Waals surface area contributed by atoms with Crippen LogP contribution in [0.5, 0.6) is 0 Å². The molecule has 0 aromatic carbocycles. The fourth-order valence-corrected chi connectivity index (χ4v) is 1.58. The molecule has 0 bridgehead atoms. The van der Waals surface area contributed by atoms with Crippen LogP contribution in [0, 0.1) is 0 Å². The summed E-state index contributed by atoms with van der Waals surface area (Å²) in [5, 5.41) is 3.41. The van der Waals surface area contributed by atoms with Gasteiger partial charge in [-0.3, -0.25) is 4.99 Å². The minimum absolute atomic E-state index is 0.0264. The van der Waals surface area contributed by atoms with Gasteiger partial charge in [-0.25, -0.2) is 9.97 Å². The summed E-state index contributed by atoms with van der Waals surface area (Å²) < 4.78 is 0. The van der Waals surface area contributed by atoms with Crippen LogP contribution in [0.4, 0.5) is 11.5 Å². The van der Waals surface area contributed by atoms with Crippen LogP contribution in [0.3, 0.4) is 0 Å². The van der Waals surface area contributed by atoms with Gasteiger partial charge in [0.25, 0.3) is 0 Å². The lowest BCUT2D eigenvalue weighted by atomic mass is 9.93. The second-order valence-electron chi connectivity index (χ2n) is 3.50. The molecule has 0 amide bonds. The van der Waals surface area contributed by atoms with Gasteiger partial charge in [0.1, 0.15) is 12.0 Å². The van der Waals surface area contributed by atoms with Gasteiger partial charge in [0.05, 0.1) is 11.7 Å². The van der Waals surface area contributed by atoms with E-state index in [-0.39, 0.29) is 5.54 Å². The molecule has 2 heterocycles. The van der Waals surface area contributed by atoms with E-state index in [1.807, 2.05) is 6.21 Å². The number of hydrogen-bond donors (Lipinski definition) is 1. The first-order chi connectivity index (χ1) is 6.79. The number of aromatic nitrogens is 2. The zero-order chi connectivity index (χ0) is 10.0. The Hall–Kier alpha value is -1.45. The molecule has 0 atom stereocenters. The van der Waals surface area contributed by atoms with Gasteiger partial charge in [-0.1, -0.05) is 13.8 Å². The lowest BCUT2D eigenvalue weighted by Gasteiger charge is -2.32. The Morgan fingerprint density at radius 1 is 1.36 bits per heavy atom. The highest BCUT2D eigenvalue weighted by molar-refractivity contribution is 5.84. The Morgan fingerprint density at radius 2 is 2.14 bits per heavy atom. The standard InChI is InChI=1S/C10H14N4/c1-3-10(4-2)6-12-8-5-11-7-13-9(8)14-10/h5-7H,3-4H2,1-2H3,(H,11,13,14). The molecule has 1 N–H and O–H groups in total. The van der Waals surface area contributed by atoms with Crippen LogP contribution in [0.2, 0.25) is 0 Å². The highest BCUT2D eigenvalue weighted by Crippen LogP contribution is 2.30. The van der Waals surface area contributed by atoms with Gasteiger partial charge in [0.15, 0.2) is 5.82 Å². The van der Waals surface area contributed by atoms with E-state index in [2.05, 4.69) is 34.1 Å². The van der Waals surface area contributed by atoms with E-state index in [9.17, 15) is 0 Å². The summed E-state index contributed by atoms with van der Waals surface area (Å²) in [6.07, 6.45) is 7.26.